The van der Waals surface area contributed by atoms with Crippen molar-refractivity contribution in [2.45, 2.75) is 246 Å². The SMILES string of the molecule is CC1OC(OC2C(CO)OC(OC3CCC4(C)C(=CCC5C4CCC4(C)C5CC5OC6(CCC(C)(COC7OC(CO)C(O)C(O)C7O)O6)C(C)C54)C3)C(OC3OC(C)C(O)C(O)C3O)C2O)C(O)C(O)C1O. The van der Waals surface area contributed by atoms with E-state index in [1.54, 1.807) is 0 Å². The number of hydrogen-bond donors (Lipinski definition) is 12. The van der Waals surface area contributed by atoms with Gasteiger partial charge in [0.2, 0.25) is 0 Å². The Morgan fingerprint density at radius 3 is 1.84 bits per heavy atom. The monoisotopic (exact) mass is 1050 g/mol. The Morgan fingerprint density at radius 2 is 1.19 bits per heavy atom. The molecule has 12 N–H and O–H groups in total. The van der Waals surface area contributed by atoms with Crippen molar-refractivity contribution in [2.24, 2.45) is 40.4 Å². The molecule has 0 bridgehead atoms. The van der Waals surface area contributed by atoms with Crippen molar-refractivity contribution < 1.29 is 109 Å². The number of hydrogen-bond acceptors (Lipinski definition) is 22. The van der Waals surface area contributed by atoms with Gasteiger partial charge in [-0.15, -0.1) is 0 Å². The molecule has 31 atom stereocenters. The van der Waals surface area contributed by atoms with Crippen LogP contribution in [0.5, 0.6) is 0 Å². The molecule has 0 aromatic heterocycles. The van der Waals surface area contributed by atoms with E-state index in [9.17, 15) is 61.3 Å². The Balaban J connectivity index is 0.809. The first kappa shape index (κ1) is 55.2. The van der Waals surface area contributed by atoms with Crippen LogP contribution in [-0.2, 0) is 47.4 Å². The standard InChI is InChI=1S/C51H82O22/c1-20-31-28(72-51(20)14-13-48(4,73-51)19-64-44-38(60)37(59)34(56)29(17-52)68-44)16-27-25-8-7-23-15-24(9-11-49(23,5)26(25)10-12-50(27,31)6)67-47-43(71-46-40(62)36(58)33(55)22(3)66-46)41(63)42(30(18-53)69-47)70-45-39(61)35(57)32(54)21(2)65-45/h7,20-22,24-47,52-63H,8-19H2,1-6H3. The van der Waals surface area contributed by atoms with E-state index < -0.39 is 154 Å². The zero-order valence-electron chi connectivity index (χ0n) is 42.6. The first-order chi connectivity index (χ1) is 34.5. The minimum Gasteiger partial charge on any atom is -0.394 e. The lowest BCUT2D eigenvalue weighted by Crippen LogP contribution is -2.66. The molecular weight excluding hydrogens is 965 g/mol. The molecule has 0 aromatic carbocycles. The van der Waals surface area contributed by atoms with Gasteiger partial charge in [-0.25, -0.2) is 0 Å². The van der Waals surface area contributed by atoms with E-state index in [2.05, 4.69) is 26.8 Å². The van der Waals surface area contributed by atoms with E-state index in [1.807, 2.05) is 6.92 Å². The molecule has 6 heterocycles. The maximum Gasteiger partial charge on any atom is 0.187 e. The summed E-state index contributed by atoms with van der Waals surface area (Å²) >= 11 is 0. The average molecular weight is 1050 g/mol. The van der Waals surface area contributed by atoms with Crippen molar-refractivity contribution in [1.29, 1.82) is 0 Å². The van der Waals surface area contributed by atoms with Crippen LogP contribution in [0, 0.1) is 40.4 Å². The lowest BCUT2D eigenvalue weighted by atomic mass is 9.47. The summed E-state index contributed by atoms with van der Waals surface area (Å²) in [6, 6.07) is 0. The van der Waals surface area contributed by atoms with E-state index in [1.165, 1.54) is 19.4 Å². The van der Waals surface area contributed by atoms with Crippen LogP contribution in [0.3, 0.4) is 0 Å². The van der Waals surface area contributed by atoms with Gasteiger partial charge in [0, 0.05) is 12.3 Å². The van der Waals surface area contributed by atoms with Crippen LogP contribution in [0.4, 0.5) is 0 Å². The van der Waals surface area contributed by atoms with Crippen molar-refractivity contribution >= 4 is 0 Å². The first-order valence-electron chi connectivity index (χ1n) is 26.8. The minimum atomic E-state index is -1.74. The predicted molar refractivity (Wildman–Crippen MR) is 247 cm³/mol. The smallest absolute Gasteiger partial charge is 0.187 e. The Kier molecular flexibility index (Phi) is 15.5. The second-order valence-corrected chi connectivity index (χ2v) is 24.2. The maximum atomic E-state index is 12.1. The highest BCUT2D eigenvalue weighted by molar-refractivity contribution is 5.27. The zero-order valence-corrected chi connectivity index (χ0v) is 42.6. The van der Waals surface area contributed by atoms with Gasteiger partial charge >= 0.3 is 0 Å². The molecule has 0 aromatic rings. The van der Waals surface area contributed by atoms with Crippen molar-refractivity contribution in [3.63, 3.8) is 0 Å². The zero-order chi connectivity index (χ0) is 52.4. The summed E-state index contributed by atoms with van der Waals surface area (Å²) in [5.74, 6) is 0.803. The Hall–Kier alpha value is -1.14. The lowest BCUT2D eigenvalue weighted by Gasteiger charge is -2.58. The molecule has 418 valence electrons. The van der Waals surface area contributed by atoms with Crippen molar-refractivity contribution in [3.8, 4) is 0 Å². The molecule has 1 spiro atoms. The number of fused-ring (bicyclic) bond motifs is 7. The van der Waals surface area contributed by atoms with Gasteiger partial charge in [0.1, 0.15) is 85.5 Å². The fraction of sp³-hybridized carbons (Fsp3) is 0.961. The second kappa shape index (κ2) is 20.5. The Morgan fingerprint density at radius 1 is 0.589 bits per heavy atom. The van der Waals surface area contributed by atoms with Crippen molar-refractivity contribution in [1.82, 2.24) is 0 Å². The molecule has 73 heavy (non-hydrogen) atoms. The number of allylic oxidation sites excluding steroid dienone is 1. The van der Waals surface area contributed by atoms with E-state index in [0.717, 1.165) is 32.1 Å². The number of ether oxygens (including phenoxy) is 10. The molecule has 6 saturated heterocycles. The predicted octanol–water partition coefficient (Wildman–Crippen LogP) is -1.82. The molecule has 0 amide bonds. The van der Waals surface area contributed by atoms with Crippen LogP contribution >= 0.6 is 0 Å². The molecule has 6 aliphatic heterocycles. The molecule has 31 unspecified atom stereocenters. The molecule has 22 nitrogen and oxygen atoms in total. The molecular formula is C51H82O22. The molecule has 0 radical (unpaired) electrons. The van der Waals surface area contributed by atoms with Crippen LogP contribution < -0.4 is 0 Å². The highest BCUT2D eigenvalue weighted by Gasteiger charge is 2.70. The summed E-state index contributed by atoms with van der Waals surface area (Å²) in [4.78, 5) is 0. The summed E-state index contributed by atoms with van der Waals surface area (Å²) in [5, 5.41) is 127. The topological polar surface area (TPSA) is 335 Å². The van der Waals surface area contributed by atoms with Gasteiger partial charge in [0.05, 0.1) is 49.8 Å². The normalized spacial score (nSPS) is 58.0. The third-order valence-corrected chi connectivity index (χ3v) is 19.9. The average Bonchev–Trinajstić information content (AvgIpc) is 3.97. The number of aliphatic hydroxyl groups is 12. The third-order valence-electron chi connectivity index (χ3n) is 19.9. The largest absolute Gasteiger partial charge is 0.394 e. The van der Waals surface area contributed by atoms with Crippen molar-refractivity contribution in [3.05, 3.63) is 11.6 Å². The summed E-state index contributed by atoms with van der Waals surface area (Å²) < 4.78 is 62.3. The van der Waals surface area contributed by atoms with Gasteiger partial charge in [0.25, 0.3) is 0 Å². The fourth-order valence-corrected chi connectivity index (χ4v) is 15.6. The summed E-state index contributed by atoms with van der Waals surface area (Å²) in [7, 11) is 0. The van der Waals surface area contributed by atoms with Crippen LogP contribution in [0.25, 0.3) is 0 Å². The van der Waals surface area contributed by atoms with Gasteiger partial charge in [-0.2, -0.15) is 0 Å². The minimum absolute atomic E-state index is 0.00694. The quantitative estimate of drug-likeness (QED) is 0.101. The summed E-state index contributed by atoms with van der Waals surface area (Å²) in [6.45, 7) is 10.8. The van der Waals surface area contributed by atoms with E-state index in [0.29, 0.717) is 43.4 Å². The first-order valence-corrected chi connectivity index (χ1v) is 26.8. The Labute approximate surface area is 425 Å². The van der Waals surface area contributed by atoms with E-state index >= 15 is 0 Å². The second-order valence-electron chi connectivity index (χ2n) is 24.2. The van der Waals surface area contributed by atoms with Gasteiger partial charge in [-0.05, 0) is 107 Å². The molecule has 10 aliphatic rings. The van der Waals surface area contributed by atoms with Gasteiger partial charge < -0.3 is 109 Å². The molecule has 3 saturated carbocycles. The van der Waals surface area contributed by atoms with Gasteiger partial charge in [-0.3, -0.25) is 0 Å². The highest BCUT2D eigenvalue weighted by Crippen LogP contribution is 2.71. The fourth-order valence-electron chi connectivity index (χ4n) is 15.6. The lowest BCUT2D eigenvalue weighted by molar-refractivity contribution is -0.388. The summed E-state index contributed by atoms with van der Waals surface area (Å²) in [6.07, 6.45) is -19.7. The van der Waals surface area contributed by atoms with Crippen molar-refractivity contribution in [2.75, 3.05) is 19.8 Å². The highest BCUT2D eigenvalue weighted by atomic mass is 16.8. The number of aliphatic hydroxyl groups excluding tert-OH is 12. The Bertz CT molecular complexity index is 1970. The van der Waals surface area contributed by atoms with Gasteiger partial charge in [0.15, 0.2) is 30.9 Å². The molecule has 22 heteroatoms. The third kappa shape index (κ3) is 9.32. The van der Waals surface area contributed by atoms with Crippen LogP contribution in [0.15, 0.2) is 11.6 Å². The van der Waals surface area contributed by atoms with E-state index in [4.69, 9.17) is 47.4 Å². The molecule has 4 aliphatic carbocycles. The van der Waals surface area contributed by atoms with Crippen LogP contribution in [-0.4, -0.2) is 228 Å². The van der Waals surface area contributed by atoms with Crippen LogP contribution in [0.2, 0.25) is 0 Å². The number of rotatable bonds is 11. The molecule has 9 fully saturated rings. The van der Waals surface area contributed by atoms with E-state index in [-0.39, 0.29) is 35.4 Å². The van der Waals surface area contributed by atoms with Crippen LogP contribution in [0.1, 0.15) is 99.3 Å². The van der Waals surface area contributed by atoms with Gasteiger partial charge in [-0.1, -0.05) is 32.4 Å². The summed E-state index contributed by atoms with van der Waals surface area (Å²) in [5.41, 5.74) is 0.394. The maximum absolute atomic E-state index is 12.1. The molecule has 10 rings (SSSR count).